The number of rotatable bonds is 1. The zero-order chi connectivity index (χ0) is 8.15. The van der Waals surface area contributed by atoms with Crippen molar-refractivity contribution in [2.45, 2.75) is 19.9 Å². The lowest BCUT2D eigenvalue weighted by Crippen LogP contribution is -2.24. The number of hydrogen-bond donors (Lipinski definition) is 2. The number of carboxylic acid groups (broad SMARTS) is 1. The summed E-state index contributed by atoms with van der Waals surface area (Å²) in [5.41, 5.74) is 5.43. The molecule has 10 heavy (non-hydrogen) atoms. The summed E-state index contributed by atoms with van der Waals surface area (Å²) in [5.74, 6) is 3.45. The molecule has 0 aliphatic rings. The lowest BCUT2D eigenvalue weighted by Gasteiger charge is -2.05. The van der Waals surface area contributed by atoms with E-state index in [9.17, 15) is 4.79 Å². The molecule has 0 fully saturated rings. The van der Waals surface area contributed by atoms with Crippen LogP contribution >= 0.6 is 0 Å². The zero-order valence-corrected chi connectivity index (χ0v) is 6.09. The molecule has 0 aromatic carbocycles. The van der Waals surface area contributed by atoms with E-state index >= 15 is 0 Å². The van der Waals surface area contributed by atoms with E-state index in [1.54, 1.807) is 0 Å². The molecule has 1 atom stereocenters. The molecule has 0 rings (SSSR count). The molecule has 0 aromatic heterocycles. The monoisotopic (exact) mass is 141 g/mol. The second-order valence-corrected chi connectivity index (χ2v) is 2.34. The maximum absolute atomic E-state index is 9.90. The van der Waals surface area contributed by atoms with Gasteiger partial charge >= 0.3 is 5.97 Å². The number of carboxylic acids is 1. The van der Waals surface area contributed by atoms with E-state index < -0.39 is 5.97 Å². The second kappa shape index (κ2) is 3.91. The zero-order valence-electron chi connectivity index (χ0n) is 6.09. The van der Waals surface area contributed by atoms with E-state index in [1.807, 2.05) is 19.8 Å². The smallest absolute Gasteiger partial charge is 0.381 e. The van der Waals surface area contributed by atoms with E-state index in [4.69, 9.17) is 10.8 Å². The molecule has 0 saturated heterocycles. The van der Waals surface area contributed by atoms with Crippen molar-refractivity contribution in [3.63, 3.8) is 0 Å². The lowest BCUT2D eigenvalue weighted by atomic mass is 10.1. The highest BCUT2D eigenvalue weighted by molar-refractivity contribution is 5.86. The third-order valence-electron chi connectivity index (χ3n) is 1.06. The summed E-state index contributed by atoms with van der Waals surface area (Å²) in [6.45, 7) is 3.78. The fourth-order valence-electron chi connectivity index (χ4n) is 0.312. The molecule has 0 aliphatic carbocycles. The molecule has 56 valence electrons. The summed E-state index contributed by atoms with van der Waals surface area (Å²) in [6.07, 6.45) is 0. The quantitative estimate of drug-likeness (QED) is 0.507. The van der Waals surface area contributed by atoms with Crippen LogP contribution in [0, 0.1) is 17.8 Å². The van der Waals surface area contributed by atoms with Gasteiger partial charge in [-0.1, -0.05) is 19.8 Å². The molecule has 3 heteroatoms. The van der Waals surface area contributed by atoms with Crippen LogP contribution in [0.1, 0.15) is 13.8 Å². The normalized spacial score (nSPS) is 12.0. The van der Waals surface area contributed by atoms with Gasteiger partial charge in [-0.05, 0) is 5.92 Å². The molecule has 0 bridgehead atoms. The van der Waals surface area contributed by atoms with Crippen LogP contribution < -0.4 is 5.73 Å². The van der Waals surface area contributed by atoms with Crippen molar-refractivity contribution in [1.29, 1.82) is 0 Å². The van der Waals surface area contributed by atoms with Gasteiger partial charge in [0.25, 0.3) is 0 Å². The van der Waals surface area contributed by atoms with Gasteiger partial charge in [0.2, 0.25) is 0 Å². The topological polar surface area (TPSA) is 63.3 Å². The summed E-state index contributed by atoms with van der Waals surface area (Å²) >= 11 is 0. The molecule has 0 heterocycles. The van der Waals surface area contributed by atoms with Gasteiger partial charge in [0.05, 0.1) is 6.04 Å². The fourth-order valence-corrected chi connectivity index (χ4v) is 0.312. The van der Waals surface area contributed by atoms with Gasteiger partial charge in [0.1, 0.15) is 0 Å². The minimum atomic E-state index is -1.13. The van der Waals surface area contributed by atoms with Crippen molar-refractivity contribution in [2.75, 3.05) is 0 Å². The lowest BCUT2D eigenvalue weighted by molar-refractivity contribution is -0.130. The first-order chi connectivity index (χ1) is 4.54. The average Bonchev–Trinajstić information content (AvgIpc) is 1.82. The Balaban J connectivity index is 3.92. The van der Waals surface area contributed by atoms with E-state index in [0.717, 1.165) is 0 Å². The Morgan fingerprint density at radius 1 is 1.60 bits per heavy atom. The maximum atomic E-state index is 9.90. The minimum absolute atomic E-state index is 0.201. The Bertz CT molecular complexity index is 176. The Kier molecular flexibility index (Phi) is 3.52. The molecule has 0 spiro atoms. The highest BCUT2D eigenvalue weighted by Crippen LogP contribution is 1.94. The highest BCUT2D eigenvalue weighted by atomic mass is 16.4. The number of nitrogens with two attached hydrogens (primary N) is 1. The standard InChI is InChI=1S/C7H11NO2/c1-5(2)6(8)3-4-7(9)10/h5-6H,8H2,1-2H3,(H,9,10). The molecule has 0 radical (unpaired) electrons. The molecular formula is C7H11NO2. The van der Waals surface area contributed by atoms with E-state index in [1.165, 1.54) is 0 Å². The summed E-state index contributed by atoms with van der Waals surface area (Å²) < 4.78 is 0. The van der Waals surface area contributed by atoms with Crippen LogP contribution in [0.3, 0.4) is 0 Å². The summed E-state index contributed by atoms with van der Waals surface area (Å²) in [4.78, 5) is 9.90. The SMILES string of the molecule is CC(C)C(N)C#CC(=O)O. The third kappa shape index (κ3) is 3.93. The van der Waals surface area contributed by atoms with Gasteiger partial charge in [-0.3, -0.25) is 0 Å². The van der Waals surface area contributed by atoms with Crippen molar-refractivity contribution in [1.82, 2.24) is 0 Å². The van der Waals surface area contributed by atoms with Crippen molar-refractivity contribution in [2.24, 2.45) is 11.7 Å². The van der Waals surface area contributed by atoms with E-state index in [0.29, 0.717) is 0 Å². The largest absolute Gasteiger partial charge is 0.472 e. The first kappa shape index (κ1) is 8.99. The fraction of sp³-hybridized carbons (Fsp3) is 0.571. The molecule has 1 unspecified atom stereocenters. The first-order valence-corrected chi connectivity index (χ1v) is 3.04. The molecule has 3 nitrogen and oxygen atoms in total. The van der Waals surface area contributed by atoms with Crippen molar-refractivity contribution in [3.8, 4) is 11.8 Å². The molecule has 0 aliphatic heterocycles. The van der Waals surface area contributed by atoms with E-state index in [2.05, 4.69) is 5.92 Å². The third-order valence-corrected chi connectivity index (χ3v) is 1.06. The predicted octanol–water partition coefficient (Wildman–Crippen LogP) is 0.0577. The maximum Gasteiger partial charge on any atom is 0.381 e. The summed E-state index contributed by atoms with van der Waals surface area (Å²) in [6, 6.07) is -0.337. The Labute approximate surface area is 60.2 Å². The van der Waals surface area contributed by atoms with Gasteiger partial charge in [0.15, 0.2) is 0 Å². The van der Waals surface area contributed by atoms with Crippen molar-refractivity contribution < 1.29 is 9.90 Å². The first-order valence-electron chi connectivity index (χ1n) is 3.04. The molecule has 0 aromatic rings. The van der Waals surface area contributed by atoms with Crippen LogP contribution in [0.5, 0.6) is 0 Å². The highest BCUT2D eigenvalue weighted by Gasteiger charge is 2.01. The van der Waals surface area contributed by atoms with Crippen LogP contribution in [0.2, 0.25) is 0 Å². The Morgan fingerprint density at radius 2 is 2.10 bits per heavy atom. The van der Waals surface area contributed by atoms with Crippen LogP contribution in [0.4, 0.5) is 0 Å². The van der Waals surface area contributed by atoms with Gasteiger partial charge in [-0.25, -0.2) is 4.79 Å². The summed E-state index contributed by atoms with van der Waals surface area (Å²) in [7, 11) is 0. The number of carbonyl (C=O) groups is 1. The number of aliphatic carboxylic acids is 1. The predicted molar refractivity (Wildman–Crippen MR) is 38.2 cm³/mol. The minimum Gasteiger partial charge on any atom is -0.472 e. The molecule has 0 amide bonds. The average molecular weight is 141 g/mol. The molecular weight excluding hydrogens is 130 g/mol. The Morgan fingerprint density at radius 3 is 2.40 bits per heavy atom. The van der Waals surface area contributed by atoms with Crippen LogP contribution in [-0.2, 0) is 4.79 Å². The van der Waals surface area contributed by atoms with Gasteiger partial charge in [-0.15, -0.1) is 0 Å². The summed E-state index contributed by atoms with van der Waals surface area (Å²) in [5, 5.41) is 8.11. The van der Waals surface area contributed by atoms with Crippen molar-refractivity contribution >= 4 is 5.97 Å². The van der Waals surface area contributed by atoms with E-state index in [-0.39, 0.29) is 12.0 Å². The van der Waals surface area contributed by atoms with Gasteiger partial charge < -0.3 is 10.8 Å². The second-order valence-electron chi connectivity index (χ2n) is 2.34. The molecule has 0 saturated carbocycles. The number of hydrogen-bond acceptors (Lipinski definition) is 2. The van der Waals surface area contributed by atoms with Crippen LogP contribution in [0.25, 0.3) is 0 Å². The van der Waals surface area contributed by atoms with Gasteiger partial charge in [0, 0.05) is 5.92 Å². The van der Waals surface area contributed by atoms with Crippen LogP contribution in [0.15, 0.2) is 0 Å². The van der Waals surface area contributed by atoms with Gasteiger partial charge in [-0.2, -0.15) is 0 Å². The molecule has 3 N–H and O–H groups in total. The van der Waals surface area contributed by atoms with Crippen molar-refractivity contribution in [3.05, 3.63) is 0 Å². The van der Waals surface area contributed by atoms with Crippen LogP contribution in [-0.4, -0.2) is 17.1 Å². The Hall–Kier alpha value is -1.01.